The Kier molecular flexibility index (Phi) is 5.54. The summed E-state index contributed by atoms with van der Waals surface area (Å²) in [6, 6.07) is 6.38. The highest BCUT2D eigenvalue weighted by Crippen LogP contribution is 2.33. The van der Waals surface area contributed by atoms with Crippen LogP contribution in [0.25, 0.3) is 16.7 Å². The molecule has 0 bridgehead atoms. The van der Waals surface area contributed by atoms with E-state index in [2.05, 4.69) is 11.7 Å². The number of rotatable bonds is 6. The maximum Gasteiger partial charge on any atom is 0.238 e. The van der Waals surface area contributed by atoms with Gasteiger partial charge in [0.2, 0.25) is 10.0 Å². The highest BCUT2D eigenvalue weighted by molar-refractivity contribution is 7.89. The third kappa shape index (κ3) is 3.72. The molecule has 0 saturated carbocycles. The van der Waals surface area contributed by atoms with Gasteiger partial charge in [-0.05, 0) is 31.0 Å². The van der Waals surface area contributed by atoms with Crippen molar-refractivity contribution in [1.82, 2.24) is 5.16 Å². The van der Waals surface area contributed by atoms with Crippen molar-refractivity contribution < 1.29 is 12.9 Å². The molecule has 0 aliphatic rings. The normalized spacial score (nSPS) is 12.7. The number of nitrogens with zero attached hydrogens (tertiary/aromatic N) is 1. The Labute approximate surface area is 142 Å². The van der Waals surface area contributed by atoms with Gasteiger partial charge in [-0.25, -0.2) is 13.6 Å². The van der Waals surface area contributed by atoms with E-state index in [1.54, 1.807) is 18.2 Å². The van der Waals surface area contributed by atoms with Crippen molar-refractivity contribution in [3.63, 3.8) is 0 Å². The van der Waals surface area contributed by atoms with Gasteiger partial charge < -0.3 is 4.52 Å². The van der Waals surface area contributed by atoms with Crippen LogP contribution < -0.4 is 5.14 Å². The second-order valence-corrected chi connectivity index (χ2v) is 6.66. The van der Waals surface area contributed by atoms with Gasteiger partial charge in [0.15, 0.2) is 5.76 Å². The van der Waals surface area contributed by atoms with Gasteiger partial charge in [-0.3, -0.25) is 0 Å². The summed E-state index contributed by atoms with van der Waals surface area (Å²) in [6.07, 6.45) is 7.99. The summed E-state index contributed by atoms with van der Waals surface area (Å²) >= 11 is 0. The first-order valence-electron chi connectivity index (χ1n) is 7.50. The molecular weight excluding hydrogens is 324 g/mol. The van der Waals surface area contributed by atoms with Crippen molar-refractivity contribution in [2.75, 3.05) is 0 Å². The average molecular weight is 344 g/mol. The number of benzene rings is 1. The lowest BCUT2D eigenvalue weighted by Gasteiger charge is -2.06. The van der Waals surface area contributed by atoms with E-state index in [4.69, 9.17) is 9.66 Å². The largest absolute Gasteiger partial charge is 0.355 e. The van der Waals surface area contributed by atoms with Crippen molar-refractivity contribution in [1.29, 1.82) is 0 Å². The van der Waals surface area contributed by atoms with Crippen LogP contribution in [0.15, 0.2) is 64.6 Å². The van der Waals surface area contributed by atoms with E-state index in [9.17, 15) is 8.42 Å². The quantitative estimate of drug-likeness (QED) is 0.810. The minimum atomic E-state index is -3.72. The number of nitrogens with two attached hydrogens (primary N) is 1. The van der Waals surface area contributed by atoms with E-state index in [0.717, 1.165) is 22.4 Å². The third-order valence-corrected chi connectivity index (χ3v) is 4.48. The number of aromatic nitrogens is 1. The van der Waals surface area contributed by atoms with Crippen molar-refractivity contribution in [2.24, 2.45) is 5.14 Å². The van der Waals surface area contributed by atoms with Crippen molar-refractivity contribution >= 4 is 15.6 Å². The predicted octanol–water partition coefficient (Wildman–Crippen LogP) is 3.70. The summed E-state index contributed by atoms with van der Waals surface area (Å²) in [6.45, 7) is 7.56. The van der Waals surface area contributed by atoms with Gasteiger partial charge in [0.05, 0.1) is 16.2 Å². The highest BCUT2D eigenvalue weighted by atomic mass is 32.2. The highest BCUT2D eigenvalue weighted by Gasteiger charge is 2.19. The molecule has 2 rings (SSSR count). The smallest absolute Gasteiger partial charge is 0.238 e. The maximum absolute atomic E-state index is 11.4. The fourth-order valence-corrected chi connectivity index (χ4v) is 2.86. The molecule has 0 fully saturated rings. The Morgan fingerprint density at radius 2 is 2.00 bits per heavy atom. The third-order valence-electron chi connectivity index (χ3n) is 3.55. The van der Waals surface area contributed by atoms with Crippen LogP contribution in [0.3, 0.4) is 0 Å². The zero-order valence-electron chi connectivity index (χ0n) is 13.7. The molecule has 0 unspecified atom stereocenters. The van der Waals surface area contributed by atoms with Crippen LogP contribution in [0.4, 0.5) is 0 Å². The molecule has 1 heterocycles. The molecule has 2 N–H and O–H groups in total. The van der Waals surface area contributed by atoms with Crippen LogP contribution in [0.1, 0.15) is 25.3 Å². The second kappa shape index (κ2) is 7.42. The SMILES string of the molecule is C=C/C=C\C(=C/C)c1onc(CC)c1-c1ccc(S(N)(=O)=O)cc1. The number of primary sulfonamides is 1. The molecule has 0 atom stereocenters. The van der Waals surface area contributed by atoms with E-state index in [1.807, 2.05) is 32.1 Å². The summed E-state index contributed by atoms with van der Waals surface area (Å²) in [5.74, 6) is 0.635. The van der Waals surface area contributed by atoms with E-state index in [1.165, 1.54) is 12.1 Å². The Bertz CT molecular complexity index is 889. The molecule has 0 aliphatic heterocycles. The first-order chi connectivity index (χ1) is 11.4. The average Bonchev–Trinajstić information content (AvgIpc) is 2.99. The predicted molar refractivity (Wildman–Crippen MR) is 95.7 cm³/mol. The van der Waals surface area contributed by atoms with E-state index < -0.39 is 10.0 Å². The second-order valence-electron chi connectivity index (χ2n) is 5.10. The van der Waals surface area contributed by atoms with Crippen molar-refractivity contribution in [3.8, 4) is 11.1 Å². The van der Waals surface area contributed by atoms with Crippen molar-refractivity contribution in [3.05, 3.63) is 66.6 Å². The number of sulfonamides is 1. The number of hydrogen-bond donors (Lipinski definition) is 1. The minimum absolute atomic E-state index is 0.0695. The molecule has 5 nitrogen and oxygen atoms in total. The van der Waals surface area contributed by atoms with Crippen LogP contribution in [0, 0.1) is 0 Å². The minimum Gasteiger partial charge on any atom is -0.355 e. The number of hydrogen-bond acceptors (Lipinski definition) is 4. The standard InChI is InChI=1S/C18H20N2O3S/c1-4-7-8-13(5-2)18-17(16(6-3)20-23-18)14-9-11-15(12-10-14)24(19,21)22/h4-5,7-12H,1,6H2,2-3H3,(H2,19,21,22)/b8-7-,13-5+. The zero-order valence-corrected chi connectivity index (χ0v) is 14.5. The maximum atomic E-state index is 11.4. The molecule has 1 aromatic carbocycles. The van der Waals surface area contributed by atoms with Gasteiger partial charge in [-0.2, -0.15) is 0 Å². The molecule has 2 aromatic rings. The monoisotopic (exact) mass is 344 g/mol. The van der Waals surface area contributed by atoms with E-state index in [-0.39, 0.29) is 4.90 Å². The molecular formula is C18H20N2O3S. The van der Waals surface area contributed by atoms with Crippen LogP contribution in [0.2, 0.25) is 0 Å². The fourth-order valence-electron chi connectivity index (χ4n) is 2.35. The van der Waals surface area contributed by atoms with Gasteiger partial charge >= 0.3 is 0 Å². The molecule has 24 heavy (non-hydrogen) atoms. The summed E-state index contributed by atoms with van der Waals surface area (Å²) in [5.41, 5.74) is 3.34. The van der Waals surface area contributed by atoms with Gasteiger partial charge in [0.1, 0.15) is 0 Å². The van der Waals surface area contributed by atoms with Crippen LogP contribution in [-0.4, -0.2) is 13.6 Å². The van der Waals surface area contributed by atoms with Crippen LogP contribution in [0.5, 0.6) is 0 Å². The molecule has 1 aromatic heterocycles. The van der Waals surface area contributed by atoms with Gasteiger partial charge in [-0.1, -0.05) is 55.1 Å². The molecule has 0 aliphatic carbocycles. The van der Waals surface area contributed by atoms with E-state index >= 15 is 0 Å². The fraction of sp³-hybridized carbons (Fsp3) is 0.167. The molecule has 126 valence electrons. The number of aryl methyl sites for hydroxylation is 1. The molecule has 0 radical (unpaired) electrons. The summed E-state index contributed by atoms with van der Waals surface area (Å²) < 4.78 is 28.4. The van der Waals surface area contributed by atoms with Crippen LogP contribution >= 0.6 is 0 Å². The molecule has 0 amide bonds. The summed E-state index contributed by atoms with van der Waals surface area (Å²) in [7, 11) is -3.72. The van der Waals surface area contributed by atoms with Crippen LogP contribution in [-0.2, 0) is 16.4 Å². The molecule has 6 heteroatoms. The summed E-state index contributed by atoms with van der Waals surface area (Å²) in [4.78, 5) is 0.0695. The lowest BCUT2D eigenvalue weighted by molar-refractivity contribution is 0.404. The first kappa shape index (κ1) is 17.9. The first-order valence-corrected chi connectivity index (χ1v) is 9.04. The Morgan fingerprint density at radius 3 is 2.50 bits per heavy atom. The molecule has 0 saturated heterocycles. The van der Waals surface area contributed by atoms with E-state index in [0.29, 0.717) is 12.2 Å². The Hall–Kier alpha value is -2.44. The Balaban J connectivity index is 2.59. The topological polar surface area (TPSA) is 86.2 Å². The van der Waals surface area contributed by atoms with Crippen molar-refractivity contribution in [2.45, 2.75) is 25.2 Å². The van der Waals surface area contributed by atoms with Gasteiger partial charge in [0.25, 0.3) is 0 Å². The molecule has 0 spiro atoms. The van der Waals surface area contributed by atoms with Gasteiger partial charge in [-0.15, -0.1) is 0 Å². The lowest BCUT2D eigenvalue weighted by atomic mass is 9.98. The lowest BCUT2D eigenvalue weighted by Crippen LogP contribution is -2.11. The number of allylic oxidation sites excluding steroid dienone is 5. The van der Waals surface area contributed by atoms with Gasteiger partial charge in [0, 0.05) is 5.57 Å². The summed E-state index contributed by atoms with van der Waals surface area (Å²) in [5, 5.41) is 9.29. The Morgan fingerprint density at radius 1 is 1.33 bits per heavy atom. The zero-order chi connectivity index (χ0) is 17.7.